The van der Waals surface area contributed by atoms with Gasteiger partial charge in [-0.15, -0.1) is 0 Å². The summed E-state index contributed by atoms with van der Waals surface area (Å²) in [7, 11) is 0. The second kappa shape index (κ2) is 5.51. The van der Waals surface area contributed by atoms with Crippen LogP contribution in [0.4, 0.5) is 5.69 Å². The van der Waals surface area contributed by atoms with Gasteiger partial charge >= 0.3 is 6.41 Å². The van der Waals surface area contributed by atoms with Crippen LogP contribution in [-0.4, -0.2) is 6.41 Å². The lowest BCUT2D eigenvalue weighted by Gasteiger charge is -2.16. The van der Waals surface area contributed by atoms with Gasteiger partial charge in [0.15, 0.2) is 0 Å². The highest BCUT2D eigenvalue weighted by Gasteiger charge is 2.07. The number of halogens is 1. The summed E-state index contributed by atoms with van der Waals surface area (Å²) in [4.78, 5) is 12.5. The molecule has 2 rings (SSSR count). The van der Waals surface area contributed by atoms with E-state index in [0.717, 1.165) is 11.3 Å². The van der Waals surface area contributed by atoms with Crippen LogP contribution >= 0.6 is 11.6 Å². The highest BCUT2D eigenvalue weighted by molar-refractivity contribution is 6.30. The van der Waals surface area contributed by atoms with Crippen molar-refractivity contribution in [3.05, 3.63) is 65.2 Å². The number of nitrogens with zero attached hydrogens (tertiary/aromatic N) is 1. The SMILES string of the molecule is O=[C]N(Cc1ccccc1)c1cccc(Cl)c1. The number of anilines is 1. The molecule has 1 amide bonds. The van der Waals surface area contributed by atoms with Crippen LogP contribution in [0.2, 0.25) is 5.02 Å². The molecule has 85 valence electrons. The second-order valence-electron chi connectivity index (χ2n) is 3.64. The molecule has 0 aromatic heterocycles. The van der Waals surface area contributed by atoms with Gasteiger partial charge in [-0.3, -0.25) is 9.69 Å². The molecule has 0 fully saturated rings. The van der Waals surface area contributed by atoms with Crippen molar-refractivity contribution < 1.29 is 4.79 Å². The summed E-state index contributed by atoms with van der Waals surface area (Å²) < 4.78 is 0. The van der Waals surface area contributed by atoms with Gasteiger partial charge in [0.1, 0.15) is 0 Å². The molecule has 0 N–H and O–H groups in total. The van der Waals surface area contributed by atoms with Crippen LogP contribution in [0.1, 0.15) is 5.56 Å². The van der Waals surface area contributed by atoms with Gasteiger partial charge in [0.25, 0.3) is 0 Å². The smallest absolute Gasteiger partial charge is 0.300 e. The van der Waals surface area contributed by atoms with Crippen LogP contribution < -0.4 is 4.90 Å². The first-order valence-electron chi connectivity index (χ1n) is 5.24. The van der Waals surface area contributed by atoms with Crippen molar-refractivity contribution in [2.45, 2.75) is 6.54 Å². The molecule has 0 heterocycles. The molecule has 2 aromatic rings. The first-order chi connectivity index (χ1) is 8.29. The zero-order valence-electron chi connectivity index (χ0n) is 9.14. The van der Waals surface area contributed by atoms with Crippen molar-refractivity contribution >= 4 is 23.7 Å². The zero-order valence-corrected chi connectivity index (χ0v) is 9.89. The largest absolute Gasteiger partial charge is 0.317 e. The van der Waals surface area contributed by atoms with Crippen LogP contribution in [-0.2, 0) is 11.3 Å². The Hall–Kier alpha value is -1.80. The molecule has 2 aromatic carbocycles. The van der Waals surface area contributed by atoms with Crippen LogP contribution in [0.3, 0.4) is 0 Å². The molecular weight excluding hydrogens is 234 g/mol. The summed E-state index contributed by atoms with van der Waals surface area (Å²) in [6.45, 7) is 0.491. The van der Waals surface area contributed by atoms with Crippen molar-refractivity contribution in [3.8, 4) is 0 Å². The molecule has 0 saturated heterocycles. The average Bonchev–Trinajstić information content (AvgIpc) is 2.37. The molecule has 0 atom stereocenters. The van der Waals surface area contributed by atoms with E-state index in [1.807, 2.05) is 48.9 Å². The first-order valence-corrected chi connectivity index (χ1v) is 5.62. The van der Waals surface area contributed by atoms with E-state index in [1.54, 1.807) is 12.1 Å². The molecule has 0 spiro atoms. The lowest BCUT2D eigenvalue weighted by atomic mass is 10.2. The topological polar surface area (TPSA) is 20.3 Å². The fourth-order valence-corrected chi connectivity index (χ4v) is 1.77. The molecule has 0 aliphatic carbocycles. The van der Waals surface area contributed by atoms with Gasteiger partial charge in [-0.2, -0.15) is 0 Å². The van der Waals surface area contributed by atoms with Crippen molar-refractivity contribution in [1.29, 1.82) is 0 Å². The summed E-state index contributed by atoms with van der Waals surface area (Å²) in [5, 5.41) is 0.607. The Morgan fingerprint density at radius 1 is 1.06 bits per heavy atom. The number of rotatable bonds is 4. The van der Waals surface area contributed by atoms with Crippen molar-refractivity contribution in [2.24, 2.45) is 0 Å². The van der Waals surface area contributed by atoms with E-state index in [4.69, 9.17) is 11.6 Å². The lowest BCUT2D eigenvalue weighted by molar-refractivity contribution is 0.551. The Morgan fingerprint density at radius 2 is 1.82 bits per heavy atom. The molecule has 0 bridgehead atoms. The normalized spacial score (nSPS) is 9.94. The molecule has 0 aliphatic heterocycles. The van der Waals surface area contributed by atoms with E-state index in [0.29, 0.717) is 11.6 Å². The predicted octanol–water partition coefficient (Wildman–Crippen LogP) is 3.41. The van der Waals surface area contributed by atoms with E-state index in [-0.39, 0.29) is 0 Å². The average molecular weight is 245 g/mol. The fourth-order valence-electron chi connectivity index (χ4n) is 1.59. The minimum atomic E-state index is 0.491. The molecule has 17 heavy (non-hydrogen) atoms. The van der Waals surface area contributed by atoms with E-state index < -0.39 is 0 Å². The van der Waals surface area contributed by atoms with E-state index >= 15 is 0 Å². The molecular formula is C14H11ClNO. The van der Waals surface area contributed by atoms with Crippen molar-refractivity contribution in [3.63, 3.8) is 0 Å². The van der Waals surface area contributed by atoms with Gasteiger partial charge in [-0.25, -0.2) is 0 Å². The van der Waals surface area contributed by atoms with Crippen molar-refractivity contribution in [1.82, 2.24) is 0 Å². The van der Waals surface area contributed by atoms with Crippen LogP contribution in [0.15, 0.2) is 54.6 Å². The maximum atomic E-state index is 11.0. The van der Waals surface area contributed by atoms with E-state index in [9.17, 15) is 4.79 Å². The summed E-state index contributed by atoms with van der Waals surface area (Å²) in [5.41, 5.74) is 1.80. The lowest BCUT2D eigenvalue weighted by Crippen LogP contribution is -2.20. The van der Waals surface area contributed by atoms with Gasteiger partial charge < -0.3 is 0 Å². The number of carbonyl (C=O) groups excluding carboxylic acids is 1. The van der Waals surface area contributed by atoms with Crippen molar-refractivity contribution in [2.75, 3.05) is 4.90 Å². The fraction of sp³-hybridized carbons (Fsp3) is 0.0714. The summed E-state index contributed by atoms with van der Waals surface area (Å²) in [6.07, 6.45) is 1.92. The number of hydrogen-bond acceptors (Lipinski definition) is 1. The highest BCUT2D eigenvalue weighted by atomic mass is 35.5. The van der Waals surface area contributed by atoms with Gasteiger partial charge in [-0.05, 0) is 23.8 Å². The summed E-state index contributed by atoms with van der Waals surface area (Å²) in [5.74, 6) is 0. The summed E-state index contributed by atoms with van der Waals surface area (Å²) in [6, 6.07) is 16.9. The Kier molecular flexibility index (Phi) is 3.78. The molecule has 3 heteroatoms. The number of amides is 1. The maximum Gasteiger partial charge on any atom is 0.317 e. The maximum absolute atomic E-state index is 11.0. The Balaban J connectivity index is 2.20. The first kappa shape index (κ1) is 11.7. The van der Waals surface area contributed by atoms with Gasteiger partial charge in [0, 0.05) is 10.7 Å². The summed E-state index contributed by atoms with van der Waals surface area (Å²) >= 11 is 5.89. The third-order valence-electron chi connectivity index (χ3n) is 2.41. The Labute approximate surface area is 105 Å². The molecule has 0 unspecified atom stereocenters. The van der Waals surface area contributed by atoms with Crippen LogP contribution in [0.5, 0.6) is 0 Å². The van der Waals surface area contributed by atoms with Gasteiger partial charge in [0.05, 0.1) is 6.54 Å². The third kappa shape index (κ3) is 3.08. The van der Waals surface area contributed by atoms with Gasteiger partial charge in [-0.1, -0.05) is 48.0 Å². The zero-order chi connectivity index (χ0) is 12.1. The Morgan fingerprint density at radius 3 is 2.47 bits per heavy atom. The van der Waals surface area contributed by atoms with Crippen LogP contribution in [0.25, 0.3) is 0 Å². The standard InChI is InChI=1S/C14H11ClNO/c15-13-7-4-8-14(9-13)16(11-17)10-12-5-2-1-3-6-12/h1-9H,10H2. The number of benzene rings is 2. The highest BCUT2D eigenvalue weighted by Crippen LogP contribution is 2.20. The minimum absolute atomic E-state index is 0.491. The molecule has 0 aliphatic rings. The Bertz CT molecular complexity index is 499. The quantitative estimate of drug-likeness (QED) is 0.755. The minimum Gasteiger partial charge on any atom is -0.300 e. The van der Waals surface area contributed by atoms with E-state index in [2.05, 4.69) is 0 Å². The third-order valence-corrected chi connectivity index (χ3v) is 2.65. The van der Waals surface area contributed by atoms with Crippen LogP contribution in [0, 0.1) is 0 Å². The molecule has 0 saturated carbocycles. The van der Waals surface area contributed by atoms with E-state index in [1.165, 1.54) is 4.90 Å². The second-order valence-corrected chi connectivity index (χ2v) is 4.08. The van der Waals surface area contributed by atoms with Gasteiger partial charge in [0.2, 0.25) is 0 Å². The monoisotopic (exact) mass is 244 g/mol. The number of hydrogen-bond donors (Lipinski definition) is 0. The molecule has 2 nitrogen and oxygen atoms in total. The predicted molar refractivity (Wildman–Crippen MR) is 69.8 cm³/mol. The molecule has 1 radical (unpaired) electrons.